The third-order valence-corrected chi connectivity index (χ3v) is 3.06. The summed E-state index contributed by atoms with van der Waals surface area (Å²) in [5, 5.41) is 1.86. The highest BCUT2D eigenvalue weighted by molar-refractivity contribution is 6.30. The van der Waals surface area contributed by atoms with E-state index in [0.29, 0.717) is 10.6 Å². The first-order chi connectivity index (χ1) is 9.11. The van der Waals surface area contributed by atoms with E-state index in [9.17, 15) is 4.79 Å². The molecular formula is C15H14ClNO2. The fourth-order valence-electron chi connectivity index (χ4n) is 1.76. The van der Waals surface area contributed by atoms with Crippen molar-refractivity contribution < 1.29 is 9.63 Å². The van der Waals surface area contributed by atoms with Crippen LogP contribution in [0.5, 0.6) is 0 Å². The number of benzene rings is 2. The molecule has 0 unspecified atom stereocenters. The number of carbonyl (C=O) groups excluding carboxylic acids is 1. The highest BCUT2D eigenvalue weighted by atomic mass is 35.5. The van der Waals surface area contributed by atoms with Gasteiger partial charge >= 0.3 is 0 Å². The average molecular weight is 276 g/mol. The highest BCUT2D eigenvalue weighted by Gasteiger charge is 2.11. The molecule has 0 N–H and O–H groups in total. The van der Waals surface area contributed by atoms with Crippen LogP contribution in [-0.4, -0.2) is 25.1 Å². The Labute approximate surface area is 117 Å². The Hall–Kier alpha value is -1.84. The van der Waals surface area contributed by atoms with Gasteiger partial charge < -0.3 is 0 Å². The van der Waals surface area contributed by atoms with Gasteiger partial charge in [-0.1, -0.05) is 35.9 Å². The van der Waals surface area contributed by atoms with E-state index in [4.69, 9.17) is 16.4 Å². The molecule has 4 heteroatoms. The molecule has 0 fully saturated rings. The fraction of sp³-hybridized carbons (Fsp3) is 0.133. The van der Waals surface area contributed by atoms with Gasteiger partial charge in [0, 0.05) is 17.6 Å². The molecule has 0 aliphatic heterocycles. The minimum absolute atomic E-state index is 0.189. The molecule has 0 heterocycles. The summed E-state index contributed by atoms with van der Waals surface area (Å²) in [7, 11) is 3.03. The monoisotopic (exact) mass is 275 g/mol. The van der Waals surface area contributed by atoms with Gasteiger partial charge in [-0.15, -0.1) is 0 Å². The maximum absolute atomic E-state index is 12.0. The van der Waals surface area contributed by atoms with Crippen molar-refractivity contribution in [1.82, 2.24) is 5.06 Å². The van der Waals surface area contributed by atoms with E-state index in [0.717, 1.165) is 11.1 Å². The van der Waals surface area contributed by atoms with E-state index in [1.807, 2.05) is 42.5 Å². The number of halogens is 1. The van der Waals surface area contributed by atoms with Gasteiger partial charge in [0.25, 0.3) is 5.91 Å². The smallest absolute Gasteiger partial charge is 0.274 e. The first kappa shape index (κ1) is 13.6. The number of hydroxylamine groups is 2. The van der Waals surface area contributed by atoms with Crippen molar-refractivity contribution >= 4 is 17.5 Å². The predicted octanol–water partition coefficient (Wildman–Crippen LogP) is 3.64. The Bertz CT molecular complexity index is 598. The molecule has 0 radical (unpaired) electrons. The second kappa shape index (κ2) is 5.87. The highest BCUT2D eigenvalue weighted by Crippen LogP contribution is 2.23. The summed E-state index contributed by atoms with van der Waals surface area (Å²) in [6.07, 6.45) is 0. The Morgan fingerprint density at radius 3 is 2.37 bits per heavy atom. The number of hydrogen-bond donors (Lipinski definition) is 0. The molecule has 0 aliphatic carbocycles. The Morgan fingerprint density at radius 2 is 1.74 bits per heavy atom. The van der Waals surface area contributed by atoms with Crippen LogP contribution in [0.3, 0.4) is 0 Å². The second-order valence-corrected chi connectivity index (χ2v) is 4.51. The quantitative estimate of drug-likeness (QED) is 0.801. The first-order valence-electron chi connectivity index (χ1n) is 5.80. The SMILES string of the molecule is CON(C)C(=O)c1cccc(-c2cccc(Cl)c2)c1. The van der Waals surface area contributed by atoms with E-state index in [1.165, 1.54) is 12.2 Å². The minimum atomic E-state index is -0.189. The Balaban J connectivity index is 2.37. The van der Waals surface area contributed by atoms with Gasteiger partial charge in [-0.05, 0) is 35.4 Å². The summed E-state index contributed by atoms with van der Waals surface area (Å²) in [5.74, 6) is -0.189. The van der Waals surface area contributed by atoms with Crippen molar-refractivity contribution in [1.29, 1.82) is 0 Å². The summed E-state index contributed by atoms with van der Waals surface area (Å²) >= 11 is 5.97. The Kier molecular flexibility index (Phi) is 4.20. The van der Waals surface area contributed by atoms with Gasteiger partial charge in [0.1, 0.15) is 0 Å². The summed E-state index contributed by atoms with van der Waals surface area (Å²) in [6, 6.07) is 14.9. The summed E-state index contributed by atoms with van der Waals surface area (Å²) < 4.78 is 0. The van der Waals surface area contributed by atoms with Crippen molar-refractivity contribution in [2.24, 2.45) is 0 Å². The van der Waals surface area contributed by atoms with Crippen LogP contribution in [0.1, 0.15) is 10.4 Å². The molecule has 0 atom stereocenters. The molecule has 0 aromatic heterocycles. The molecule has 0 spiro atoms. The maximum atomic E-state index is 12.0. The van der Waals surface area contributed by atoms with Crippen molar-refractivity contribution in [2.75, 3.05) is 14.2 Å². The number of amides is 1. The summed E-state index contributed by atoms with van der Waals surface area (Å²) in [6.45, 7) is 0. The molecular weight excluding hydrogens is 262 g/mol. The lowest BCUT2D eigenvalue weighted by molar-refractivity contribution is -0.0756. The Morgan fingerprint density at radius 1 is 1.11 bits per heavy atom. The van der Waals surface area contributed by atoms with Gasteiger partial charge in [-0.3, -0.25) is 9.63 Å². The number of carbonyl (C=O) groups is 1. The van der Waals surface area contributed by atoms with E-state index in [2.05, 4.69) is 0 Å². The van der Waals surface area contributed by atoms with Gasteiger partial charge in [0.05, 0.1) is 7.11 Å². The van der Waals surface area contributed by atoms with Gasteiger partial charge in [0.2, 0.25) is 0 Å². The number of rotatable bonds is 3. The standard InChI is InChI=1S/C15H14ClNO2/c1-17(19-2)15(18)13-7-3-5-11(9-13)12-6-4-8-14(16)10-12/h3-10H,1-2H3. The first-order valence-corrected chi connectivity index (χ1v) is 6.18. The molecule has 0 saturated carbocycles. The van der Waals surface area contributed by atoms with Crippen molar-refractivity contribution in [2.45, 2.75) is 0 Å². The molecule has 1 amide bonds. The van der Waals surface area contributed by atoms with Crippen LogP contribution < -0.4 is 0 Å². The topological polar surface area (TPSA) is 29.5 Å². The normalized spacial score (nSPS) is 10.3. The van der Waals surface area contributed by atoms with Crippen LogP contribution in [-0.2, 0) is 4.84 Å². The van der Waals surface area contributed by atoms with Crippen molar-refractivity contribution in [3.05, 3.63) is 59.1 Å². The van der Waals surface area contributed by atoms with Gasteiger partial charge in [0.15, 0.2) is 0 Å². The molecule has 98 valence electrons. The molecule has 0 bridgehead atoms. The zero-order valence-electron chi connectivity index (χ0n) is 10.8. The summed E-state index contributed by atoms with van der Waals surface area (Å²) in [4.78, 5) is 16.9. The second-order valence-electron chi connectivity index (χ2n) is 4.08. The molecule has 3 nitrogen and oxygen atoms in total. The van der Waals surface area contributed by atoms with Crippen LogP contribution in [0.2, 0.25) is 5.02 Å². The third kappa shape index (κ3) is 3.13. The number of nitrogens with zero attached hydrogens (tertiary/aromatic N) is 1. The lowest BCUT2D eigenvalue weighted by Gasteiger charge is -2.14. The third-order valence-electron chi connectivity index (χ3n) is 2.83. The van der Waals surface area contributed by atoms with Crippen LogP contribution >= 0.6 is 11.6 Å². The maximum Gasteiger partial charge on any atom is 0.277 e. The largest absolute Gasteiger partial charge is 0.277 e. The van der Waals surface area contributed by atoms with E-state index in [-0.39, 0.29) is 5.91 Å². The number of hydrogen-bond acceptors (Lipinski definition) is 2. The molecule has 2 aromatic rings. The van der Waals surface area contributed by atoms with Crippen LogP contribution in [0.25, 0.3) is 11.1 Å². The molecule has 0 aliphatic rings. The predicted molar refractivity (Wildman–Crippen MR) is 76.0 cm³/mol. The lowest BCUT2D eigenvalue weighted by atomic mass is 10.0. The van der Waals surface area contributed by atoms with Gasteiger partial charge in [-0.2, -0.15) is 0 Å². The van der Waals surface area contributed by atoms with Crippen LogP contribution in [0, 0.1) is 0 Å². The lowest BCUT2D eigenvalue weighted by Crippen LogP contribution is -2.25. The van der Waals surface area contributed by atoms with Crippen LogP contribution in [0.4, 0.5) is 0 Å². The average Bonchev–Trinajstić information content (AvgIpc) is 2.46. The molecule has 19 heavy (non-hydrogen) atoms. The van der Waals surface area contributed by atoms with Crippen molar-refractivity contribution in [3.8, 4) is 11.1 Å². The van der Waals surface area contributed by atoms with Gasteiger partial charge in [-0.25, -0.2) is 5.06 Å². The zero-order valence-corrected chi connectivity index (χ0v) is 11.5. The molecule has 0 saturated heterocycles. The molecule has 2 rings (SSSR count). The fourth-order valence-corrected chi connectivity index (χ4v) is 1.95. The zero-order chi connectivity index (χ0) is 13.8. The van der Waals surface area contributed by atoms with Crippen molar-refractivity contribution in [3.63, 3.8) is 0 Å². The van der Waals surface area contributed by atoms with E-state index >= 15 is 0 Å². The van der Waals surface area contributed by atoms with Crippen LogP contribution in [0.15, 0.2) is 48.5 Å². The molecule has 2 aromatic carbocycles. The van der Waals surface area contributed by atoms with E-state index in [1.54, 1.807) is 13.1 Å². The van der Waals surface area contributed by atoms with E-state index < -0.39 is 0 Å². The minimum Gasteiger partial charge on any atom is -0.274 e. The summed E-state index contributed by atoms with van der Waals surface area (Å²) in [5.41, 5.74) is 2.49.